The van der Waals surface area contributed by atoms with E-state index in [1.807, 2.05) is 0 Å². The second-order valence-electron chi connectivity index (χ2n) is 3.00. The quantitative estimate of drug-likeness (QED) is 0.622. The molecule has 0 aliphatic heterocycles. The van der Waals surface area contributed by atoms with Gasteiger partial charge >= 0.3 is 0 Å². The lowest BCUT2D eigenvalue weighted by molar-refractivity contribution is -0.120. The molecule has 6 heteroatoms. The molecular formula is C10H6F2N2O2. The van der Waals surface area contributed by atoms with Crippen LogP contribution in [0, 0.1) is 11.6 Å². The third-order valence-electron chi connectivity index (χ3n) is 2.09. The minimum Gasteiger partial charge on any atom is -0.428 e. The third kappa shape index (κ3) is 1.44. The Bertz CT molecular complexity index is 572. The van der Waals surface area contributed by atoms with Gasteiger partial charge in [-0.2, -0.15) is 0 Å². The van der Waals surface area contributed by atoms with Gasteiger partial charge in [-0.05, 0) is 6.07 Å². The minimum atomic E-state index is -0.922. The number of hydrogen-bond donors (Lipinski definition) is 1. The van der Waals surface area contributed by atoms with E-state index in [9.17, 15) is 13.6 Å². The van der Waals surface area contributed by atoms with Crippen LogP contribution in [0.4, 0.5) is 14.5 Å². The first-order chi connectivity index (χ1) is 7.65. The Hall–Kier alpha value is -2.24. The summed E-state index contributed by atoms with van der Waals surface area (Å²) in [6, 6.07) is 1.93. The molecule has 1 aromatic carbocycles. The highest BCUT2D eigenvalue weighted by molar-refractivity contribution is 5.96. The molecule has 0 aliphatic rings. The van der Waals surface area contributed by atoms with E-state index in [-0.39, 0.29) is 28.8 Å². The number of nitrogen functional groups attached to an aromatic ring is 1. The number of benzene rings is 1. The Morgan fingerprint density at radius 2 is 2.12 bits per heavy atom. The van der Waals surface area contributed by atoms with E-state index in [0.29, 0.717) is 6.07 Å². The van der Waals surface area contributed by atoms with E-state index < -0.39 is 11.6 Å². The number of carbonyl (C=O) groups is 1. The van der Waals surface area contributed by atoms with Gasteiger partial charge in [0, 0.05) is 12.3 Å². The SMILES string of the molecule is Nc1c(F)cc(F)c2nccc(OC=O)c12. The maximum Gasteiger partial charge on any atom is 0.298 e. The summed E-state index contributed by atoms with van der Waals surface area (Å²) in [7, 11) is 0. The van der Waals surface area contributed by atoms with Gasteiger partial charge in [-0.25, -0.2) is 8.78 Å². The normalized spacial score (nSPS) is 10.4. The molecule has 0 saturated carbocycles. The third-order valence-corrected chi connectivity index (χ3v) is 2.09. The molecule has 0 fully saturated rings. The molecule has 0 aliphatic carbocycles. The van der Waals surface area contributed by atoms with Gasteiger partial charge in [-0.1, -0.05) is 0 Å². The first-order valence-electron chi connectivity index (χ1n) is 4.27. The molecule has 2 N–H and O–H groups in total. The van der Waals surface area contributed by atoms with Gasteiger partial charge in [0.25, 0.3) is 6.47 Å². The van der Waals surface area contributed by atoms with Crippen LogP contribution in [0.3, 0.4) is 0 Å². The van der Waals surface area contributed by atoms with Gasteiger partial charge in [0.2, 0.25) is 0 Å². The minimum absolute atomic E-state index is 0.0316. The fourth-order valence-corrected chi connectivity index (χ4v) is 1.41. The second kappa shape index (κ2) is 3.73. The highest BCUT2D eigenvalue weighted by Gasteiger charge is 2.15. The summed E-state index contributed by atoms with van der Waals surface area (Å²) in [6.07, 6.45) is 1.24. The summed E-state index contributed by atoms with van der Waals surface area (Å²) in [5.74, 6) is -1.82. The summed E-state index contributed by atoms with van der Waals surface area (Å²) < 4.78 is 31.1. The number of halogens is 2. The van der Waals surface area contributed by atoms with Crippen molar-refractivity contribution in [1.82, 2.24) is 4.98 Å². The maximum atomic E-state index is 13.3. The number of ether oxygens (including phenoxy) is 1. The largest absolute Gasteiger partial charge is 0.428 e. The Labute approximate surface area is 88.6 Å². The molecule has 1 heterocycles. The average Bonchev–Trinajstić information content (AvgIpc) is 2.26. The summed E-state index contributed by atoms with van der Waals surface area (Å²) in [4.78, 5) is 13.9. The maximum absolute atomic E-state index is 13.3. The van der Waals surface area contributed by atoms with Crippen LogP contribution in [0.1, 0.15) is 0 Å². The monoisotopic (exact) mass is 224 g/mol. The van der Waals surface area contributed by atoms with Crippen molar-refractivity contribution in [2.45, 2.75) is 0 Å². The molecule has 16 heavy (non-hydrogen) atoms. The lowest BCUT2D eigenvalue weighted by atomic mass is 10.1. The van der Waals surface area contributed by atoms with E-state index in [2.05, 4.69) is 9.72 Å². The molecule has 0 amide bonds. The van der Waals surface area contributed by atoms with Gasteiger partial charge in [-0.15, -0.1) is 0 Å². The molecule has 4 nitrogen and oxygen atoms in total. The summed E-state index contributed by atoms with van der Waals surface area (Å²) in [6.45, 7) is 0.150. The number of carbonyl (C=O) groups excluding carboxylic acids is 1. The van der Waals surface area contributed by atoms with Crippen LogP contribution in [0.15, 0.2) is 18.3 Å². The lowest BCUT2D eigenvalue weighted by Crippen LogP contribution is -1.99. The Balaban J connectivity index is 2.89. The van der Waals surface area contributed by atoms with Crippen LogP contribution in [0.25, 0.3) is 10.9 Å². The van der Waals surface area contributed by atoms with Crippen LogP contribution in [-0.2, 0) is 4.79 Å². The first kappa shape index (κ1) is 10.3. The number of fused-ring (bicyclic) bond motifs is 1. The molecule has 0 radical (unpaired) electrons. The molecule has 2 aromatic rings. The van der Waals surface area contributed by atoms with E-state index in [1.54, 1.807) is 0 Å². The fourth-order valence-electron chi connectivity index (χ4n) is 1.41. The zero-order valence-electron chi connectivity index (χ0n) is 7.91. The number of aromatic nitrogens is 1. The molecule has 0 saturated heterocycles. The topological polar surface area (TPSA) is 65.2 Å². The number of rotatable bonds is 2. The average molecular weight is 224 g/mol. The molecule has 2 rings (SSSR count). The molecule has 82 valence electrons. The van der Waals surface area contributed by atoms with Crippen molar-refractivity contribution in [2.24, 2.45) is 0 Å². The smallest absolute Gasteiger partial charge is 0.298 e. The van der Waals surface area contributed by atoms with E-state index in [4.69, 9.17) is 5.73 Å². The van der Waals surface area contributed by atoms with Gasteiger partial charge in [0.05, 0.1) is 11.1 Å². The van der Waals surface area contributed by atoms with E-state index in [0.717, 1.165) is 0 Å². The molecule has 0 spiro atoms. The van der Waals surface area contributed by atoms with Gasteiger partial charge < -0.3 is 10.5 Å². The van der Waals surface area contributed by atoms with Crippen molar-refractivity contribution in [1.29, 1.82) is 0 Å². The molecular weight excluding hydrogens is 218 g/mol. The van der Waals surface area contributed by atoms with Crippen molar-refractivity contribution < 1.29 is 18.3 Å². The van der Waals surface area contributed by atoms with Crippen LogP contribution in [0.5, 0.6) is 5.75 Å². The van der Waals surface area contributed by atoms with Crippen molar-refractivity contribution in [2.75, 3.05) is 5.73 Å². The molecule has 0 unspecified atom stereocenters. The summed E-state index contributed by atoms with van der Waals surface area (Å²) in [5.41, 5.74) is 5.00. The van der Waals surface area contributed by atoms with Crippen LogP contribution in [0.2, 0.25) is 0 Å². The first-order valence-corrected chi connectivity index (χ1v) is 4.27. The van der Waals surface area contributed by atoms with Gasteiger partial charge in [0.15, 0.2) is 5.82 Å². The van der Waals surface area contributed by atoms with Crippen LogP contribution >= 0.6 is 0 Å². The number of nitrogens with zero attached hydrogens (tertiary/aromatic N) is 1. The van der Waals surface area contributed by atoms with E-state index in [1.165, 1.54) is 12.3 Å². The van der Waals surface area contributed by atoms with Crippen molar-refractivity contribution in [3.05, 3.63) is 30.0 Å². The summed E-state index contributed by atoms with van der Waals surface area (Å²) >= 11 is 0. The predicted molar refractivity (Wildman–Crippen MR) is 52.8 cm³/mol. The molecule has 1 aromatic heterocycles. The Morgan fingerprint density at radius 3 is 2.81 bits per heavy atom. The lowest BCUT2D eigenvalue weighted by Gasteiger charge is -2.07. The van der Waals surface area contributed by atoms with Crippen molar-refractivity contribution >= 4 is 23.1 Å². The molecule has 0 bridgehead atoms. The number of anilines is 1. The van der Waals surface area contributed by atoms with Gasteiger partial charge in [-0.3, -0.25) is 9.78 Å². The zero-order chi connectivity index (χ0) is 11.7. The standard InChI is InChI=1S/C10H6F2N2O2/c11-5-3-6(12)10-8(9(5)13)7(16-4-15)1-2-14-10/h1-4H,13H2. The predicted octanol–water partition coefficient (Wildman–Crippen LogP) is 1.63. The Kier molecular flexibility index (Phi) is 2.40. The zero-order valence-corrected chi connectivity index (χ0v) is 7.91. The Morgan fingerprint density at radius 1 is 1.38 bits per heavy atom. The van der Waals surface area contributed by atoms with Crippen molar-refractivity contribution in [3.63, 3.8) is 0 Å². The highest BCUT2D eigenvalue weighted by Crippen LogP contribution is 2.32. The van der Waals surface area contributed by atoms with Crippen molar-refractivity contribution in [3.8, 4) is 5.75 Å². The molecule has 0 atom stereocenters. The number of hydrogen-bond acceptors (Lipinski definition) is 4. The highest BCUT2D eigenvalue weighted by atomic mass is 19.1. The van der Waals surface area contributed by atoms with Crippen LogP contribution in [-0.4, -0.2) is 11.5 Å². The number of nitrogens with two attached hydrogens (primary N) is 1. The van der Waals surface area contributed by atoms with Gasteiger partial charge in [0.1, 0.15) is 17.1 Å². The fraction of sp³-hybridized carbons (Fsp3) is 0. The summed E-state index contributed by atoms with van der Waals surface area (Å²) in [5, 5.41) is -0.0490. The second-order valence-corrected chi connectivity index (χ2v) is 3.00. The number of pyridine rings is 1. The van der Waals surface area contributed by atoms with Crippen LogP contribution < -0.4 is 10.5 Å². The van der Waals surface area contributed by atoms with E-state index >= 15 is 0 Å².